The van der Waals surface area contributed by atoms with Gasteiger partial charge in [-0.3, -0.25) is 9.59 Å². The maximum atomic E-state index is 12.9. The van der Waals surface area contributed by atoms with Crippen LogP contribution in [0.1, 0.15) is 65.5 Å². The molecule has 0 aliphatic carbocycles. The molecule has 2 saturated heterocycles. The van der Waals surface area contributed by atoms with Crippen molar-refractivity contribution in [1.82, 2.24) is 19.8 Å². The van der Waals surface area contributed by atoms with E-state index in [1.54, 1.807) is 6.20 Å². The van der Waals surface area contributed by atoms with Crippen LogP contribution in [-0.4, -0.2) is 71.9 Å². The second-order valence-corrected chi connectivity index (χ2v) is 9.47. The van der Waals surface area contributed by atoms with Crippen LogP contribution in [0, 0.1) is 6.92 Å². The van der Waals surface area contributed by atoms with Gasteiger partial charge in [0.2, 0.25) is 5.91 Å². The quantitative estimate of drug-likeness (QED) is 0.676. The number of piperidine rings is 1. The number of amides is 2. The Bertz CT molecular complexity index is 983. The van der Waals surface area contributed by atoms with Gasteiger partial charge in [-0.1, -0.05) is 12.1 Å². The summed E-state index contributed by atoms with van der Waals surface area (Å²) in [5.41, 5.74) is 3.68. The van der Waals surface area contributed by atoms with E-state index in [-0.39, 0.29) is 17.7 Å². The van der Waals surface area contributed by atoms with E-state index >= 15 is 0 Å². The standard InChI is InChI=1S/C26H35N5O2/c1-19-23(26(33)30-14-4-5-15-30)17-27-25(28-19)21-7-6-16-31(18-21)24(32)13-10-20-8-11-22(12-9-20)29(2)3/h8-9,11-12,17,21H,4-7,10,13-16,18H2,1-3H3. The first-order valence-corrected chi connectivity index (χ1v) is 12.1. The number of aryl methyl sites for hydroxylation is 2. The number of hydrogen-bond donors (Lipinski definition) is 0. The second-order valence-electron chi connectivity index (χ2n) is 9.47. The third-order valence-electron chi connectivity index (χ3n) is 6.84. The minimum absolute atomic E-state index is 0.0376. The topological polar surface area (TPSA) is 69.6 Å². The Morgan fingerprint density at radius 3 is 2.39 bits per heavy atom. The molecule has 2 aliphatic heterocycles. The van der Waals surface area contributed by atoms with E-state index in [9.17, 15) is 9.59 Å². The van der Waals surface area contributed by atoms with E-state index in [1.165, 1.54) is 5.56 Å². The Kier molecular flexibility index (Phi) is 7.26. The number of carbonyl (C=O) groups is 2. The van der Waals surface area contributed by atoms with Crippen molar-refractivity contribution in [3.05, 3.63) is 53.1 Å². The zero-order chi connectivity index (χ0) is 23.4. The van der Waals surface area contributed by atoms with Gasteiger partial charge >= 0.3 is 0 Å². The Morgan fingerprint density at radius 2 is 1.73 bits per heavy atom. The third kappa shape index (κ3) is 5.52. The van der Waals surface area contributed by atoms with Crippen molar-refractivity contribution in [1.29, 1.82) is 0 Å². The Morgan fingerprint density at radius 1 is 1.03 bits per heavy atom. The number of rotatable bonds is 6. The molecule has 1 aromatic carbocycles. The van der Waals surface area contributed by atoms with Gasteiger partial charge in [0, 0.05) is 64.5 Å². The lowest BCUT2D eigenvalue weighted by Crippen LogP contribution is -2.39. The average molecular weight is 450 g/mol. The van der Waals surface area contributed by atoms with E-state index in [4.69, 9.17) is 4.98 Å². The molecule has 7 heteroatoms. The summed E-state index contributed by atoms with van der Waals surface area (Å²) in [6, 6.07) is 8.38. The van der Waals surface area contributed by atoms with E-state index in [0.29, 0.717) is 18.5 Å². The molecule has 2 aliphatic rings. The molecule has 0 N–H and O–H groups in total. The Balaban J connectivity index is 1.35. The normalized spacial score (nSPS) is 18.5. The van der Waals surface area contributed by atoms with Gasteiger partial charge in [0.1, 0.15) is 5.82 Å². The molecule has 4 rings (SSSR count). The van der Waals surface area contributed by atoms with Crippen LogP contribution in [0.25, 0.3) is 0 Å². The van der Waals surface area contributed by atoms with Gasteiger partial charge in [-0.05, 0) is 56.7 Å². The van der Waals surface area contributed by atoms with E-state index in [1.807, 2.05) is 30.8 Å². The first-order valence-electron chi connectivity index (χ1n) is 12.1. The number of hydrogen-bond acceptors (Lipinski definition) is 5. The smallest absolute Gasteiger partial charge is 0.257 e. The largest absolute Gasteiger partial charge is 0.378 e. The van der Waals surface area contributed by atoms with Crippen LogP contribution >= 0.6 is 0 Å². The number of aromatic nitrogens is 2. The molecule has 7 nitrogen and oxygen atoms in total. The van der Waals surface area contributed by atoms with Gasteiger partial charge < -0.3 is 14.7 Å². The highest BCUT2D eigenvalue weighted by Gasteiger charge is 2.28. The molecule has 1 aromatic heterocycles. The predicted molar refractivity (Wildman–Crippen MR) is 130 cm³/mol. The van der Waals surface area contributed by atoms with Crippen molar-refractivity contribution >= 4 is 17.5 Å². The maximum Gasteiger partial charge on any atom is 0.257 e. The molecule has 1 unspecified atom stereocenters. The molecule has 0 radical (unpaired) electrons. The van der Waals surface area contributed by atoms with Gasteiger partial charge in [-0.15, -0.1) is 0 Å². The highest BCUT2D eigenvalue weighted by molar-refractivity contribution is 5.95. The summed E-state index contributed by atoms with van der Waals surface area (Å²) >= 11 is 0. The second kappa shape index (κ2) is 10.3. The van der Waals surface area contributed by atoms with Crippen molar-refractivity contribution in [3.63, 3.8) is 0 Å². The van der Waals surface area contributed by atoms with Gasteiger partial charge in [0.25, 0.3) is 5.91 Å². The Hall–Kier alpha value is -2.96. The molecule has 0 bridgehead atoms. The summed E-state index contributed by atoms with van der Waals surface area (Å²) < 4.78 is 0. The van der Waals surface area contributed by atoms with Crippen molar-refractivity contribution in [2.75, 3.05) is 45.2 Å². The van der Waals surface area contributed by atoms with E-state index in [2.05, 4.69) is 34.1 Å². The number of nitrogens with zero attached hydrogens (tertiary/aromatic N) is 5. The van der Waals surface area contributed by atoms with Crippen molar-refractivity contribution in [2.45, 2.75) is 51.4 Å². The highest BCUT2D eigenvalue weighted by atomic mass is 16.2. The molecule has 2 aromatic rings. The summed E-state index contributed by atoms with van der Waals surface area (Å²) in [5, 5.41) is 0. The Labute approximate surface area is 196 Å². The number of likely N-dealkylation sites (tertiary alicyclic amines) is 2. The summed E-state index contributed by atoms with van der Waals surface area (Å²) in [4.78, 5) is 40.8. The van der Waals surface area contributed by atoms with Crippen LogP contribution in [0.15, 0.2) is 30.5 Å². The molecule has 2 amide bonds. The predicted octanol–water partition coefficient (Wildman–Crippen LogP) is 3.43. The first-order chi connectivity index (χ1) is 15.9. The van der Waals surface area contributed by atoms with Crippen molar-refractivity contribution < 1.29 is 9.59 Å². The van der Waals surface area contributed by atoms with Crippen LogP contribution in [0.2, 0.25) is 0 Å². The van der Waals surface area contributed by atoms with Crippen LogP contribution in [0.3, 0.4) is 0 Å². The molecule has 0 spiro atoms. The van der Waals surface area contributed by atoms with Crippen LogP contribution in [0.5, 0.6) is 0 Å². The zero-order valence-electron chi connectivity index (χ0n) is 20.1. The molecule has 3 heterocycles. The maximum absolute atomic E-state index is 12.9. The fourth-order valence-corrected chi connectivity index (χ4v) is 4.77. The minimum Gasteiger partial charge on any atom is -0.378 e. The first kappa shape index (κ1) is 23.2. The molecular formula is C26H35N5O2. The fraction of sp³-hybridized carbons (Fsp3) is 0.538. The van der Waals surface area contributed by atoms with E-state index in [0.717, 1.165) is 68.9 Å². The van der Waals surface area contributed by atoms with Gasteiger partial charge in [-0.2, -0.15) is 0 Å². The summed E-state index contributed by atoms with van der Waals surface area (Å²) in [5.74, 6) is 1.10. The van der Waals surface area contributed by atoms with Gasteiger partial charge in [0.15, 0.2) is 0 Å². The van der Waals surface area contributed by atoms with Gasteiger partial charge in [-0.25, -0.2) is 9.97 Å². The summed E-state index contributed by atoms with van der Waals surface area (Å²) in [6.45, 7) is 4.97. The highest BCUT2D eigenvalue weighted by Crippen LogP contribution is 2.26. The lowest BCUT2D eigenvalue weighted by Gasteiger charge is -2.32. The fourth-order valence-electron chi connectivity index (χ4n) is 4.77. The third-order valence-corrected chi connectivity index (χ3v) is 6.84. The molecule has 176 valence electrons. The van der Waals surface area contributed by atoms with Crippen LogP contribution in [0.4, 0.5) is 5.69 Å². The average Bonchev–Trinajstić information content (AvgIpc) is 3.37. The molecule has 1 atom stereocenters. The number of carbonyl (C=O) groups excluding carboxylic acids is 2. The molecule has 33 heavy (non-hydrogen) atoms. The van der Waals surface area contributed by atoms with E-state index < -0.39 is 0 Å². The number of benzene rings is 1. The summed E-state index contributed by atoms with van der Waals surface area (Å²) in [7, 11) is 4.05. The summed E-state index contributed by atoms with van der Waals surface area (Å²) in [6.07, 6.45) is 7.00. The SMILES string of the molecule is Cc1nc(C2CCCN(C(=O)CCc3ccc(N(C)C)cc3)C2)ncc1C(=O)N1CCCC1. The number of anilines is 1. The lowest BCUT2D eigenvalue weighted by molar-refractivity contribution is -0.132. The molecule has 2 fully saturated rings. The van der Waals surface area contributed by atoms with Crippen LogP contribution < -0.4 is 4.90 Å². The van der Waals surface area contributed by atoms with Crippen molar-refractivity contribution in [3.8, 4) is 0 Å². The minimum atomic E-state index is 0.0376. The molecular weight excluding hydrogens is 414 g/mol. The monoisotopic (exact) mass is 449 g/mol. The van der Waals surface area contributed by atoms with Crippen LogP contribution in [-0.2, 0) is 11.2 Å². The zero-order valence-corrected chi connectivity index (χ0v) is 20.1. The lowest BCUT2D eigenvalue weighted by atomic mass is 9.96. The van der Waals surface area contributed by atoms with Crippen molar-refractivity contribution in [2.24, 2.45) is 0 Å². The molecule has 0 saturated carbocycles. The van der Waals surface area contributed by atoms with Gasteiger partial charge in [0.05, 0.1) is 11.3 Å².